The average Bonchev–Trinajstić information content (AvgIpc) is 2.13. The molecule has 1 aliphatic rings. The molecule has 1 heteroatoms. The molecule has 0 aliphatic heterocycles. The maximum Gasteiger partial charge on any atom is 0.0485 e. The molecule has 1 rings (SSSR count). The van der Waals surface area contributed by atoms with E-state index < -0.39 is 0 Å². The van der Waals surface area contributed by atoms with Crippen LogP contribution in [0.25, 0.3) is 0 Å². The van der Waals surface area contributed by atoms with E-state index in [4.69, 9.17) is 0 Å². The second-order valence-electron chi connectivity index (χ2n) is 2.48. The Morgan fingerprint density at radius 2 is 2.15 bits per heavy atom. The largest absolute Gasteiger partial charge is 0.118 e. The molecule has 0 bridgehead atoms. The highest BCUT2D eigenvalue weighted by atomic mass is 32.2. The van der Waals surface area contributed by atoms with E-state index in [0.29, 0.717) is 0 Å². The Morgan fingerprint density at radius 3 is 2.85 bits per heavy atom. The molecule has 0 saturated heterocycles. The zero-order valence-electron chi connectivity index (χ0n) is 8.97. The quantitative estimate of drug-likeness (QED) is 0.584. The topological polar surface area (TPSA) is 0 Å². The van der Waals surface area contributed by atoms with Crippen molar-refractivity contribution < 1.29 is 0 Å². The molecule has 0 aromatic carbocycles. The average molecular weight is 196 g/mol. The van der Waals surface area contributed by atoms with Crippen LogP contribution >= 0.6 is 11.8 Å². The van der Waals surface area contributed by atoms with Crippen LogP contribution in [0.1, 0.15) is 40.0 Å². The van der Waals surface area contributed by atoms with Crippen molar-refractivity contribution in [1.29, 1.82) is 0 Å². The fourth-order valence-corrected chi connectivity index (χ4v) is 1.66. The molecule has 0 N–H and O–H groups in total. The summed E-state index contributed by atoms with van der Waals surface area (Å²) in [7, 11) is 0. The third-order valence-corrected chi connectivity index (χ3v) is 2.39. The Labute approximate surface area is 86.8 Å². The van der Waals surface area contributed by atoms with E-state index in [0.717, 1.165) is 5.75 Å². The van der Waals surface area contributed by atoms with Crippen LogP contribution < -0.4 is 0 Å². The van der Waals surface area contributed by atoms with E-state index in [2.05, 4.69) is 30.9 Å². The van der Waals surface area contributed by atoms with E-state index >= 15 is 0 Å². The van der Waals surface area contributed by atoms with Gasteiger partial charge in [-0.3, -0.25) is 0 Å². The van der Waals surface area contributed by atoms with Crippen molar-refractivity contribution in [2.75, 3.05) is 5.75 Å². The second-order valence-corrected chi connectivity index (χ2v) is 3.78. The lowest BCUT2D eigenvalue weighted by atomic mass is 10.2. The molecule has 0 aromatic rings. The van der Waals surface area contributed by atoms with E-state index in [1.807, 2.05) is 25.6 Å². The molecule has 0 nitrogen and oxygen atoms in total. The molecule has 0 unspecified atom stereocenters. The predicted molar refractivity (Wildman–Crippen MR) is 64.1 cm³/mol. The summed E-state index contributed by atoms with van der Waals surface area (Å²) >= 11 is 1.86. The normalized spacial score (nSPS) is 17.6. The summed E-state index contributed by atoms with van der Waals surface area (Å²) in [6.07, 6.45) is 10.3. The highest BCUT2D eigenvalue weighted by Crippen LogP contribution is 2.17. The van der Waals surface area contributed by atoms with Crippen LogP contribution in [0.15, 0.2) is 28.9 Å². The van der Waals surface area contributed by atoms with Crippen LogP contribution in [0.2, 0.25) is 0 Å². The van der Waals surface area contributed by atoms with Gasteiger partial charge in [-0.2, -0.15) is 0 Å². The SMILES string of the molecule is CC.CCSC1=C=CCCC/C=C\1. The summed E-state index contributed by atoms with van der Waals surface area (Å²) in [4.78, 5) is 1.28. The molecule has 0 radical (unpaired) electrons. The van der Waals surface area contributed by atoms with Gasteiger partial charge >= 0.3 is 0 Å². The maximum atomic E-state index is 3.29. The van der Waals surface area contributed by atoms with Gasteiger partial charge in [0.2, 0.25) is 0 Å². The minimum Gasteiger partial charge on any atom is -0.118 e. The molecule has 0 aromatic heterocycles. The first kappa shape index (κ1) is 12.6. The highest BCUT2D eigenvalue weighted by molar-refractivity contribution is 8.03. The van der Waals surface area contributed by atoms with Gasteiger partial charge in [0.1, 0.15) is 0 Å². The predicted octanol–water partition coefficient (Wildman–Crippen LogP) is 4.54. The molecule has 0 spiro atoms. The Bertz CT molecular complexity index is 195. The maximum absolute atomic E-state index is 3.29. The van der Waals surface area contributed by atoms with Crippen LogP contribution in [0.3, 0.4) is 0 Å². The smallest absolute Gasteiger partial charge is 0.0485 e. The first-order valence-corrected chi connectivity index (χ1v) is 6.16. The van der Waals surface area contributed by atoms with E-state index in [1.165, 1.54) is 24.2 Å². The number of hydrogen-bond acceptors (Lipinski definition) is 1. The third-order valence-electron chi connectivity index (χ3n) is 1.53. The van der Waals surface area contributed by atoms with Crippen LogP contribution in [-0.2, 0) is 0 Å². The molecule has 13 heavy (non-hydrogen) atoms. The first-order valence-electron chi connectivity index (χ1n) is 5.18. The Hall–Kier alpha value is -0.390. The lowest BCUT2D eigenvalue weighted by Crippen LogP contribution is -1.76. The summed E-state index contributed by atoms with van der Waals surface area (Å²) < 4.78 is 0. The van der Waals surface area contributed by atoms with Gasteiger partial charge in [-0.1, -0.05) is 26.8 Å². The van der Waals surface area contributed by atoms with Crippen molar-refractivity contribution in [2.24, 2.45) is 0 Å². The van der Waals surface area contributed by atoms with Crippen molar-refractivity contribution in [1.82, 2.24) is 0 Å². The molecule has 0 fully saturated rings. The van der Waals surface area contributed by atoms with Gasteiger partial charge in [-0.25, -0.2) is 0 Å². The van der Waals surface area contributed by atoms with E-state index in [9.17, 15) is 0 Å². The molecule has 0 saturated carbocycles. The van der Waals surface area contributed by atoms with Gasteiger partial charge in [0.25, 0.3) is 0 Å². The van der Waals surface area contributed by atoms with Gasteiger partial charge in [-0.15, -0.1) is 17.5 Å². The van der Waals surface area contributed by atoms with E-state index in [-0.39, 0.29) is 0 Å². The van der Waals surface area contributed by atoms with Gasteiger partial charge in [0.05, 0.1) is 0 Å². The Balaban J connectivity index is 0.000000671. The van der Waals surface area contributed by atoms with Gasteiger partial charge in [0.15, 0.2) is 0 Å². The van der Waals surface area contributed by atoms with Crippen LogP contribution in [0.4, 0.5) is 0 Å². The number of rotatable bonds is 2. The number of hydrogen-bond donors (Lipinski definition) is 0. The molecular weight excluding hydrogens is 176 g/mol. The lowest BCUT2D eigenvalue weighted by Gasteiger charge is -1.97. The highest BCUT2D eigenvalue weighted by Gasteiger charge is 1.91. The standard InChI is InChI=1S/C10H14S.C2H6/c1-2-11-10-8-6-4-3-5-7-9-10;1-2/h6-8H,2-5H2,1H3;1-2H3/b8-6-;. The van der Waals surface area contributed by atoms with Crippen LogP contribution in [-0.4, -0.2) is 5.75 Å². The molecular formula is C12H20S. The van der Waals surface area contributed by atoms with Crippen molar-refractivity contribution in [2.45, 2.75) is 40.0 Å². The Kier molecular flexibility index (Phi) is 9.41. The van der Waals surface area contributed by atoms with Gasteiger partial charge in [-0.05, 0) is 37.2 Å². The fourth-order valence-electron chi connectivity index (χ4n) is 0.994. The van der Waals surface area contributed by atoms with Crippen molar-refractivity contribution in [3.8, 4) is 0 Å². The van der Waals surface area contributed by atoms with Gasteiger partial charge < -0.3 is 0 Å². The van der Waals surface area contributed by atoms with Crippen molar-refractivity contribution in [3.05, 3.63) is 28.9 Å². The number of allylic oxidation sites excluding steroid dienone is 2. The molecule has 0 atom stereocenters. The Morgan fingerprint density at radius 1 is 1.38 bits per heavy atom. The number of thioether (sulfide) groups is 1. The monoisotopic (exact) mass is 196 g/mol. The zero-order valence-corrected chi connectivity index (χ0v) is 9.79. The minimum atomic E-state index is 1.14. The zero-order chi connectivity index (χ0) is 9.94. The molecule has 0 amide bonds. The van der Waals surface area contributed by atoms with Crippen LogP contribution in [0.5, 0.6) is 0 Å². The van der Waals surface area contributed by atoms with Crippen molar-refractivity contribution >= 4 is 11.8 Å². The lowest BCUT2D eigenvalue weighted by molar-refractivity contribution is 0.866. The summed E-state index contributed by atoms with van der Waals surface area (Å²) in [5.74, 6) is 1.14. The minimum absolute atomic E-state index is 1.14. The first-order chi connectivity index (χ1) is 6.43. The third kappa shape index (κ3) is 6.74. The molecule has 1 aliphatic carbocycles. The van der Waals surface area contributed by atoms with E-state index in [1.54, 1.807) is 0 Å². The van der Waals surface area contributed by atoms with Gasteiger partial charge in [0, 0.05) is 4.91 Å². The molecule has 0 heterocycles. The second kappa shape index (κ2) is 9.70. The summed E-state index contributed by atoms with van der Waals surface area (Å²) in [5.41, 5.74) is 3.29. The summed E-state index contributed by atoms with van der Waals surface area (Å²) in [6.45, 7) is 6.17. The molecule has 74 valence electrons. The van der Waals surface area contributed by atoms with Crippen molar-refractivity contribution in [3.63, 3.8) is 0 Å². The van der Waals surface area contributed by atoms with Crippen LogP contribution in [0, 0.1) is 0 Å². The fraction of sp³-hybridized carbons (Fsp3) is 0.583. The summed E-state index contributed by atoms with van der Waals surface area (Å²) in [5, 5.41) is 0. The summed E-state index contributed by atoms with van der Waals surface area (Å²) in [6, 6.07) is 0.